The molecule has 0 aromatic carbocycles. The lowest BCUT2D eigenvalue weighted by molar-refractivity contribution is -0.150. The molecule has 1 saturated heterocycles. The van der Waals surface area contributed by atoms with Gasteiger partial charge in [-0.1, -0.05) is 5.16 Å². The highest BCUT2D eigenvalue weighted by Crippen LogP contribution is 2.41. The number of aromatic nitrogens is 2. The molecular formula is C23H25N9O5S2. The summed E-state index contributed by atoms with van der Waals surface area (Å²) < 4.78 is 4.08. The number of nitrogen functional groups attached to an aromatic ring is 1. The van der Waals surface area contributed by atoms with Gasteiger partial charge in [-0.05, 0) is 43.4 Å². The molecule has 16 heteroatoms. The minimum atomic E-state index is -1.20. The summed E-state index contributed by atoms with van der Waals surface area (Å²) in [5, 5.41) is 18.2. The van der Waals surface area contributed by atoms with E-state index in [0.717, 1.165) is 43.0 Å². The fourth-order valence-electron chi connectivity index (χ4n) is 4.97. The number of nitrogens with zero attached hydrogens (tertiary/aromatic N) is 6. The highest BCUT2D eigenvalue weighted by atomic mass is 32.2. The van der Waals surface area contributed by atoms with Crippen LogP contribution < -0.4 is 16.5 Å². The third kappa shape index (κ3) is 4.69. The summed E-state index contributed by atoms with van der Waals surface area (Å²) in [7, 11) is 0. The fraction of sp³-hybridized carbons (Fsp3) is 0.391. The molecule has 204 valence electrons. The number of hydrogen-bond acceptors (Lipinski definition) is 13. The second-order valence-corrected chi connectivity index (χ2v) is 11.2. The van der Waals surface area contributed by atoms with Crippen molar-refractivity contribution in [3.63, 3.8) is 0 Å². The third-order valence-corrected chi connectivity index (χ3v) is 8.74. The molecule has 0 radical (unpaired) electrons. The zero-order valence-electron chi connectivity index (χ0n) is 20.5. The number of fused-ring (bicyclic) bond motifs is 2. The summed E-state index contributed by atoms with van der Waals surface area (Å²) in [6.45, 7) is 0.294. The van der Waals surface area contributed by atoms with Crippen molar-refractivity contribution in [1.82, 2.24) is 34.9 Å². The fourth-order valence-corrected chi connectivity index (χ4v) is 6.74. The molecule has 0 bridgehead atoms. The number of oxime groups is 1. The summed E-state index contributed by atoms with van der Waals surface area (Å²) in [5.74, 6) is -1.18. The molecule has 2 atom stereocenters. The van der Waals surface area contributed by atoms with E-state index in [1.165, 1.54) is 16.7 Å². The monoisotopic (exact) mass is 571 g/mol. The lowest BCUT2D eigenvalue weighted by Gasteiger charge is -2.49. The van der Waals surface area contributed by atoms with E-state index in [4.69, 9.17) is 10.6 Å². The largest absolute Gasteiger partial charge is 0.477 e. The Morgan fingerprint density at radius 2 is 2.13 bits per heavy atom. The van der Waals surface area contributed by atoms with Gasteiger partial charge >= 0.3 is 5.97 Å². The standard InChI is InChI=1S/C23H25N9O5S2/c24-23-27-18(29-39-23)15(28-37-13-4-1-2-5-13)19(33)26-16-20(34)32-17(22(35)36)12(11-38-21(16)32)10-30-8-9-31-14(30)6-3-7-25-31/h3,6-9,13,16,21,25H,1-2,4-5,10-11H2,(H,26,33)(H,35,36)(H2,24,27,29)/b28-15-/t16-,21+/m1/s1. The first-order valence-corrected chi connectivity index (χ1v) is 14.1. The SMILES string of the molecule is Nc1nc(/C(=N/OC2CCCC2)C(=O)N[C@@H]2C(=O)N3C(C(=O)O)=C(CN4C=CN5NC=CC=C45)CS[C@@H]23)ns1. The maximum Gasteiger partial charge on any atom is 0.352 e. The predicted octanol–water partition coefficient (Wildman–Crippen LogP) is 0.484. The number of rotatable bonds is 8. The van der Waals surface area contributed by atoms with Gasteiger partial charge in [0.2, 0.25) is 11.5 Å². The summed E-state index contributed by atoms with van der Waals surface area (Å²) in [5.41, 5.74) is 9.13. The summed E-state index contributed by atoms with van der Waals surface area (Å²) >= 11 is 2.31. The molecule has 1 aromatic heterocycles. The van der Waals surface area contributed by atoms with Gasteiger partial charge in [0, 0.05) is 42.4 Å². The minimum absolute atomic E-state index is 0.00962. The Hall–Kier alpha value is -4.05. The number of nitrogens with one attached hydrogen (secondary N) is 2. The normalized spacial score (nSPS) is 24.3. The van der Waals surface area contributed by atoms with Crippen molar-refractivity contribution in [2.45, 2.75) is 43.2 Å². The Balaban J connectivity index is 1.18. The number of aliphatic carboxylic acids is 1. The maximum absolute atomic E-state index is 13.2. The van der Waals surface area contributed by atoms with E-state index < -0.39 is 29.2 Å². The molecular weight excluding hydrogens is 546 g/mol. The Kier molecular flexibility index (Phi) is 6.64. The number of carbonyl (C=O) groups excluding carboxylic acids is 2. The number of carbonyl (C=O) groups is 3. The lowest BCUT2D eigenvalue weighted by Crippen LogP contribution is -2.71. The average Bonchev–Trinajstić information content (AvgIpc) is 3.69. The van der Waals surface area contributed by atoms with Gasteiger partial charge in [-0.15, -0.1) is 11.8 Å². The van der Waals surface area contributed by atoms with E-state index in [1.807, 2.05) is 29.5 Å². The van der Waals surface area contributed by atoms with Crippen LogP contribution in [-0.4, -0.2) is 82.6 Å². The van der Waals surface area contributed by atoms with Crippen LogP contribution in [0.2, 0.25) is 0 Å². The zero-order valence-corrected chi connectivity index (χ0v) is 22.2. The highest BCUT2D eigenvalue weighted by molar-refractivity contribution is 8.00. The first kappa shape index (κ1) is 25.2. The molecule has 1 aromatic rings. The number of β-lactam (4-membered cyclic amide) rings is 1. The first-order chi connectivity index (χ1) is 18.9. The number of carboxylic acid groups (broad SMARTS) is 1. The van der Waals surface area contributed by atoms with Crippen LogP contribution in [0.25, 0.3) is 0 Å². The number of carboxylic acids is 1. The number of hydrogen-bond donors (Lipinski definition) is 4. The Morgan fingerprint density at radius 1 is 1.31 bits per heavy atom. The van der Waals surface area contributed by atoms with Crippen LogP contribution >= 0.6 is 23.3 Å². The topological polar surface area (TPSA) is 179 Å². The van der Waals surface area contributed by atoms with Gasteiger partial charge in [0.1, 0.15) is 29.0 Å². The van der Waals surface area contributed by atoms with Gasteiger partial charge in [0.25, 0.3) is 11.8 Å². The van der Waals surface area contributed by atoms with Crippen LogP contribution in [0.1, 0.15) is 31.5 Å². The molecule has 0 unspecified atom stereocenters. The quantitative estimate of drug-likeness (QED) is 0.193. The van der Waals surface area contributed by atoms with Crippen molar-refractivity contribution < 1.29 is 24.3 Å². The third-order valence-electron chi connectivity index (χ3n) is 6.85. The van der Waals surface area contributed by atoms with Gasteiger partial charge in [-0.2, -0.15) is 9.36 Å². The lowest BCUT2D eigenvalue weighted by atomic mass is 10.0. The number of allylic oxidation sites excluding steroid dienone is 2. The van der Waals surface area contributed by atoms with Crippen molar-refractivity contribution in [1.29, 1.82) is 0 Å². The van der Waals surface area contributed by atoms with E-state index in [9.17, 15) is 19.5 Å². The van der Waals surface area contributed by atoms with E-state index in [1.54, 1.807) is 11.2 Å². The molecule has 5 N–H and O–H groups in total. The molecule has 14 nitrogen and oxygen atoms in total. The minimum Gasteiger partial charge on any atom is -0.477 e. The number of anilines is 1. The summed E-state index contributed by atoms with van der Waals surface area (Å²) in [6, 6.07) is -0.941. The summed E-state index contributed by atoms with van der Waals surface area (Å²) in [4.78, 5) is 51.5. The molecule has 2 amide bonds. The van der Waals surface area contributed by atoms with Crippen molar-refractivity contribution in [3.8, 4) is 0 Å². The van der Waals surface area contributed by atoms with Gasteiger partial charge in [0.15, 0.2) is 5.13 Å². The van der Waals surface area contributed by atoms with Gasteiger partial charge in [0.05, 0.1) is 0 Å². The van der Waals surface area contributed by atoms with Gasteiger partial charge in [-0.3, -0.25) is 14.5 Å². The van der Waals surface area contributed by atoms with Crippen LogP contribution in [0.5, 0.6) is 0 Å². The molecule has 1 aliphatic carbocycles. The number of hydrazine groups is 1. The Labute approximate surface area is 231 Å². The number of amides is 2. The molecule has 4 aliphatic heterocycles. The van der Waals surface area contributed by atoms with E-state index in [2.05, 4.69) is 25.3 Å². The van der Waals surface area contributed by atoms with E-state index in [0.29, 0.717) is 17.9 Å². The van der Waals surface area contributed by atoms with Crippen molar-refractivity contribution in [2.24, 2.45) is 5.16 Å². The van der Waals surface area contributed by atoms with E-state index >= 15 is 0 Å². The second-order valence-electron chi connectivity index (χ2n) is 9.34. The highest BCUT2D eigenvalue weighted by Gasteiger charge is 2.54. The van der Waals surface area contributed by atoms with Crippen molar-refractivity contribution in [2.75, 3.05) is 18.0 Å². The number of thioether (sulfide) groups is 1. The van der Waals surface area contributed by atoms with Crippen LogP contribution in [-0.2, 0) is 19.2 Å². The maximum atomic E-state index is 13.2. The van der Waals surface area contributed by atoms with Crippen LogP contribution in [0, 0.1) is 0 Å². The molecule has 39 heavy (non-hydrogen) atoms. The molecule has 5 aliphatic rings. The van der Waals surface area contributed by atoms with Crippen molar-refractivity contribution in [3.05, 3.63) is 53.7 Å². The number of nitrogens with two attached hydrogens (primary N) is 1. The Morgan fingerprint density at radius 3 is 2.87 bits per heavy atom. The molecule has 1 saturated carbocycles. The molecule has 5 heterocycles. The molecule has 2 fully saturated rings. The van der Waals surface area contributed by atoms with Gasteiger partial charge < -0.3 is 31.3 Å². The predicted molar refractivity (Wildman–Crippen MR) is 142 cm³/mol. The van der Waals surface area contributed by atoms with Crippen LogP contribution in [0.3, 0.4) is 0 Å². The average molecular weight is 572 g/mol. The van der Waals surface area contributed by atoms with Crippen LogP contribution in [0.4, 0.5) is 5.13 Å². The van der Waals surface area contributed by atoms with E-state index in [-0.39, 0.29) is 28.5 Å². The van der Waals surface area contributed by atoms with Crippen LogP contribution in [0.15, 0.2) is 53.0 Å². The summed E-state index contributed by atoms with van der Waals surface area (Å²) in [6.07, 6.45) is 12.8. The molecule has 0 spiro atoms. The zero-order chi connectivity index (χ0) is 27.1. The molecule has 6 rings (SSSR count). The van der Waals surface area contributed by atoms with Crippen molar-refractivity contribution >= 4 is 51.9 Å². The van der Waals surface area contributed by atoms with Gasteiger partial charge in [-0.25, -0.2) is 9.80 Å². The Bertz CT molecular complexity index is 1360. The first-order valence-electron chi connectivity index (χ1n) is 12.3. The second kappa shape index (κ2) is 10.3. The smallest absolute Gasteiger partial charge is 0.352 e.